The molecular weight excluding hydrogens is 190 g/mol. The molecule has 1 atom stereocenters. The fourth-order valence-corrected chi connectivity index (χ4v) is 1.72. The molecule has 0 aromatic carbocycles. The van der Waals surface area contributed by atoms with Crippen molar-refractivity contribution in [3.63, 3.8) is 0 Å². The average molecular weight is 197 g/mol. The molecule has 1 aliphatic heterocycles. The topological polar surface area (TPSA) is 93.3 Å². The highest BCUT2D eigenvalue weighted by Gasteiger charge is 2.29. The monoisotopic (exact) mass is 197 g/mol. The van der Waals surface area contributed by atoms with Crippen LogP contribution in [0.1, 0.15) is 10.6 Å². The summed E-state index contributed by atoms with van der Waals surface area (Å²) in [6, 6.07) is -0.694. The van der Waals surface area contributed by atoms with E-state index in [1.54, 1.807) is 6.92 Å². The number of carbonyl (C=O) groups excluding carboxylic acids is 1. The Hall–Kier alpha value is -1.34. The zero-order valence-corrected chi connectivity index (χ0v) is 7.63. The zero-order chi connectivity index (χ0) is 9.42. The smallest absolute Gasteiger partial charge is 0.263 e. The van der Waals surface area contributed by atoms with Gasteiger partial charge in [0, 0.05) is 0 Å². The van der Waals surface area contributed by atoms with Crippen LogP contribution in [0.15, 0.2) is 5.10 Å². The van der Waals surface area contributed by atoms with Crippen molar-refractivity contribution in [2.45, 2.75) is 13.0 Å². The van der Waals surface area contributed by atoms with Crippen LogP contribution in [0.5, 0.6) is 0 Å². The van der Waals surface area contributed by atoms with Crippen LogP contribution in [0.25, 0.3) is 0 Å². The molecule has 1 aromatic heterocycles. The fraction of sp³-hybridized carbons (Fsp3) is 0.333. The van der Waals surface area contributed by atoms with Gasteiger partial charge in [-0.1, -0.05) is 4.49 Å². The number of hydrogen-bond donors (Lipinski definition) is 2. The molecule has 0 radical (unpaired) electrons. The lowest BCUT2D eigenvalue weighted by atomic mass is 10.1. The largest absolute Gasteiger partial charge is 0.315 e. The van der Waals surface area contributed by atoms with E-state index in [1.165, 1.54) is 11.5 Å². The van der Waals surface area contributed by atoms with Gasteiger partial charge in [0.1, 0.15) is 11.8 Å². The predicted molar refractivity (Wildman–Crippen MR) is 47.3 cm³/mol. The molecule has 68 valence electrons. The van der Waals surface area contributed by atoms with E-state index >= 15 is 0 Å². The van der Waals surface area contributed by atoms with E-state index in [0.29, 0.717) is 5.71 Å². The van der Waals surface area contributed by atoms with Gasteiger partial charge in [-0.3, -0.25) is 4.79 Å². The molecule has 1 unspecified atom stereocenters. The molecule has 0 fully saturated rings. The van der Waals surface area contributed by atoms with Crippen LogP contribution in [-0.2, 0) is 4.79 Å². The number of nitrogens with zero attached hydrogens (tertiary/aromatic N) is 3. The second kappa shape index (κ2) is 2.86. The van der Waals surface area contributed by atoms with E-state index in [0.717, 1.165) is 10.6 Å². The highest BCUT2D eigenvalue weighted by Crippen LogP contribution is 2.14. The Kier molecular flexibility index (Phi) is 1.82. The second-order valence-corrected chi connectivity index (χ2v) is 3.39. The fourth-order valence-electron chi connectivity index (χ4n) is 1.04. The van der Waals surface area contributed by atoms with Crippen LogP contribution in [0.4, 0.5) is 0 Å². The summed E-state index contributed by atoms with van der Waals surface area (Å²) >= 11 is 1.19. The number of hydrazone groups is 1. The van der Waals surface area contributed by atoms with E-state index < -0.39 is 6.04 Å². The van der Waals surface area contributed by atoms with Gasteiger partial charge in [-0.05, 0) is 18.5 Å². The third-order valence-corrected chi connectivity index (χ3v) is 2.60. The van der Waals surface area contributed by atoms with Gasteiger partial charge in [-0.25, -0.2) is 5.43 Å². The van der Waals surface area contributed by atoms with Gasteiger partial charge in [0.25, 0.3) is 5.91 Å². The Morgan fingerprint density at radius 3 is 2.85 bits per heavy atom. The molecular formula is C6H7N5OS. The van der Waals surface area contributed by atoms with Gasteiger partial charge in [0.2, 0.25) is 0 Å². The summed E-state index contributed by atoms with van der Waals surface area (Å²) in [5, 5.41) is 7.64. The van der Waals surface area contributed by atoms with Crippen LogP contribution < -0.4 is 11.2 Å². The number of aromatic nitrogens is 2. The van der Waals surface area contributed by atoms with Crippen molar-refractivity contribution in [1.82, 2.24) is 15.0 Å². The Balaban J connectivity index is 2.39. The number of nitrogens with one attached hydrogen (secondary N) is 1. The van der Waals surface area contributed by atoms with Crippen molar-refractivity contribution in [3.05, 3.63) is 10.6 Å². The van der Waals surface area contributed by atoms with E-state index in [1.807, 2.05) is 0 Å². The maximum atomic E-state index is 11.0. The predicted octanol–water partition coefficient (Wildman–Crippen LogP) is -0.992. The molecule has 0 saturated heterocycles. The molecule has 13 heavy (non-hydrogen) atoms. The summed E-state index contributed by atoms with van der Waals surface area (Å²) in [5.41, 5.74) is 9.17. The molecule has 7 heteroatoms. The standard InChI is InChI=1S/C6H7N5OS/c1-2-5(13-11-8-2)4-3(7)6(12)10-9-4/h3H,7H2,1H3,(H,10,12). The first kappa shape index (κ1) is 8.27. The average Bonchev–Trinajstić information content (AvgIpc) is 2.62. The minimum absolute atomic E-state index is 0.289. The lowest BCUT2D eigenvalue weighted by Gasteiger charge is -2.00. The maximum absolute atomic E-state index is 11.0. The first-order valence-corrected chi connectivity index (χ1v) is 4.40. The summed E-state index contributed by atoms with van der Waals surface area (Å²) in [6.45, 7) is 1.80. The highest BCUT2D eigenvalue weighted by atomic mass is 32.1. The quantitative estimate of drug-likeness (QED) is 0.604. The molecule has 2 rings (SSSR count). The third kappa shape index (κ3) is 1.21. The first-order valence-electron chi connectivity index (χ1n) is 3.62. The van der Waals surface area contributed by atoms with E-state index in [2.05, 4.69) is 20.1 Å². The van der Waals surface area contributed by atoms with Gasteiger partial charge in [-0.2, -0.15) is 5.10 Å². The van der Waals surface area contributed by atoms with Crippen molar-refractivity contribution in [2.24, 2.45) is 10.8 Å². The Morgan fingerprint density at radius 2 is 2.38 bits per heavy atom. The molecule has 6 nitrogen and oxygen atoms in total. The van der Waals surface area contributed by atoms with Crippen molar-refractivity contribution in [2.75, 3.05) is 0 Å². The molecule has 0 spiro atoms. The zero-order valence-electron chi connectivity index (χ0n) is 6.81. The lowest BCUT2D eigenvalue weighted by Crippen LogP contribution is -2.37. The van der Waals surface area contributed by atoms with Crippen molar-refractivity contribution in [3.8, 4) is 0 Å². The normalized spacial score (nSPS) is 21.5. The molecule has 1 aromatic rings. The summed E-state index contributed by atoms with van der Waals surface area (Å²) in [5.74, 6) is -0.289. The number of nitrogens with two attached hydrogens (primary N) is 1. The Morgan fingerprint density at radius 1 is 1.62 bits per heavy atom. The summed E-state index contributed by atoms with van der Waals surface area (Å²) in [7, 11) is 0. The lowest BCUT2D eigenvalue weighted by molar-refractivity contribution is -0.120. The van der Waals surface area contributed by atoms with Crippen LogP contribution in [0.3, 0.4) is 0 Å². The minimum Gasteiger partial charge on any atom is -0.315 e. The number of amides is 1. The highest BCUT2D eigenvalue weighted by molar-refractivity contribution is 7.08. The number of hydrogen-bond acceptors (Lipinski definition) is 6. The van der Waals surface area contributed by atoms with Gasteiger partial charge in [0.05, 0.1) is 10.6 Å². The number of aryl methyl sites for hydroxylation is 1. The van der Waals surface area contributed by atoms with E-state index in [-0.39, 0.29) is 5.91 Å². The van der Waals surface area contributed by atoms with Gasteiger partial charge in [-0.15, -0.1) is 5.10 Å². The van der Waals surface area contributed by atoms with Crippen molar-refractivity contribution >= 4 is 23.2 Å². The molecule has 1 amide bonds. The van der Waals surface area contributed by atoms with Crippen molar-refractivity contribution < 1.29 is 4.79 Å². The summed E-state index contributed by atoms with van der Waals surface area (Å²) in [6.07, 6.45) is 0. The second-order valence-electron chi connectivity index (χ2n) is 2.64. The number of rotatable bonds is 1. The van der Waals surface area contributed by atoms with Crippen molar-refractivity contribution in [1.29, 1.82) is 0 Å². The molecule has 2 heterocycles. The third-order valence-electron chi connectivity index (χ3n) is 1.75. The van der Waals surface area contributed by atoms with E-state index in [9.17, 15) is 4.79 Å². The van der Waals surface area contributed by atoms with Crippen LogP contribution in [0.2, 0.25) is 0 Å². The van der Waals surface area contributed by atoms with Crippen LogP contribution in [-0.4, -0.2) is 27.2 Å². The SMILES string of the molecule is Cc1nnsc1C1=NNC(=O)C1N. The molecule has 0 saturated carbocycles. The van der Waals surface area contributed by atoms with Gasteiger partial charge >= 0.3 is 0 Å². The van der Waals surface area contributed by atoms with Gasteiger partial charge < -0.3 is 5.73 Å². The molecule has 0 bridgehead atoms. The van der Waals surface area contributed by atoms with Gasteiger partial charge in [0.15, 0.2) is 0 Å². The van der Waals surface area contributed by atoms with Crippen LogP contribution in [0, 0.1) is 6.92 Å². The maximum Gasteiger partial charge on any atom is 0.263 e. The van der Waals surface area contributed by atoms with Crippen LogP contribution >= 0.6 is 11.5 Å². The summed E-state index contributed by atoms with van der Waals surface area (Å²) in [4.78, 5) is 11.8. The van der Waals surface area contributed by atoms with E-state index in [4.69, 9.17) is 5.73 Å². The number of carbonyl (C=O) groups is 1. The summed E-state index contributed by atoms with van der Waals surface area (Å²) < 4.78 is 3.74. The Labute approximate surface area is 78.0 Å². The molecule has 3 N–H and O–H groups in total. The minimum atomic E-state index is -0.694. The first-order chi connectivity index (χ1) is 6.20. The molecule has 0 aliphatic carbocycles. The molecule has 1 aliphatic rings. The Bertz CT molecular complexity index is 384.